The summed E-state index contributed by atoms with van der Waals surface area (Å²) < 4.78 is 11.0. The zero-order valence-corrected chi connectivity index (χ0v) is 19.5. The maximum atomic E-state index is 12.6. The summed E-state index contributed by atoms with van der Waals surface area (Å²) in [7, 11) is 0. The van der Waals surface area contributed by atoms with Crippen LogP contribution in [0.5, 0.6) is 11.5 Å². The highest BCUT2D eigenvalue weighted by molar-refractivity contribution is 5.99. The lowest BCUT2D eigenvalue weighted by atomic mass is 10.0. The third-order valence-corrected chi connectivity index (χ3v) is 5.66. The molecule has 0 N–H and O–H groups in total. The minimum atomic E-state index is -0.417. The van der Waals surface area contributed by atoms with Crippen molar-refractivity contribution in [3.05, 3.63) is 107 Å². The predicted molar refractivity (Wildman–Crippen MR) is 135 cm³/mol. The number of esters is 2. The van der Waals surface area contributed by atoms with Crippen LogP contribution in [0.1, 0.15) is 58.5 Å². The van der Waals surface area contributed by atoms with Crippen molar-refractivity contribution in [2.24, 2.45) is 0 Å². The van der Waals surface area contributed by atoms with E-state index in [0.717, 1.165) is 36.5 Å². The number of carbonyl (C=O) groups is 2. The summed E-state index contributed by atoms with van der Waals surface area (Å²) in [5.74, 6) is 0.205. The number of hydrogen-bond donors (Lipinski definition) is 0. The van der Waals surface area contributed by atoms with Gasteiger partial charge in [-0.25, -0.2) is 9.59 Å². The molecule has 0 aliphatic heterocycles. The minimum Gasteiger partial charge on any atom is -0.423 e. The van der Waals surface area contributed by atoms with Crippen LogP contribution < -0.4 is 9.47 Å². The molecule has 0 amide bonds. The van der Waals surface area contributed by atoms with Crippen LogP contribution in [0.2, 0.25) is 0 Å². The van der Waals surface area contributed by atoms with Crippen LogP contribution in [0, 0.1) is 0 Å². The first-order valence-electron chi connectivity index (χ1n) is 11.7. The lowest BCUT2D eigenvalue weighted by molar-refractivity contribution is 0.0725. The molecular weight excluding hydrogens is 424 g/mol. The largest absolute Gasteiger partial charge is 0.423 e. The Morgan fingerprint density at radius 1 is 0.559 bits per heavy atom. The first-order chi connectivity index (χ1) is 16.6. The molecule has 0 saturated heterocycles. The molecule has 0 radical (unpaired) electrons. The van der Waals surface area contributed by atoms with Crippen molar-refractivity contribution in [2.75, 3.05) is 0 Å². The van der Waals surface area contributed by atoms with Gasteiger partial charge in [0.15, 0.2) is 0 Å². The number of hydrogen-bond acceptors (Lipinski definition) is 4. The van der Waals surface area contributed by atoms with Gasteiger partial charge in [0, 0.05) is 0 Å². The van der Waals surface area contributed by atoms with Gasteiger partial charge in [-0.3, -0.25) is 0 Å². The van der Waals surface area contributed by atoms with E-state index < -0.39 is 11.9 Å². The maximum Gasteiger partial charge on any atom is 0.343 e. The van der Waals surface area contributed by atoms with Crippen LogP contribution in [0.3, 0.4) is 0 Å². The third-order valence-electron chi connectivity index (χ3n) is 5.66. The zero-order chi connectivity index (χ0) is 23.9. The van der Waals surface area contributed by atoms with Gasteiger partial charge in [-0.2, -0.15) is 0 Å². The molecule has 0 fully saturated rings. The third kappa shape index (κ3) is 5.70. The van der Waals surface area contributed by atoms with Gasteiger partial charge in [0.05, 0.1) is 11.1 Å². The molecule has 4 rings (SSSR count). The van der Waals surface area contributed by atoms with Gasteiger partial charge in [-0.1, -0.05) is 63.1 Å². The first kappa shape index (κ1) is 23.2. The summed E-state index contributed by atoms with van der Waals surface area (Å²) in [6.07, 6.45) is 4.14. The molecule has 0 unspecified atom stereocenters. The summed E-state index contributed by atoms with van der Waals surface area (Å²) in [5.41, 5.74) is 3.34. The zero-order valence-electron chi connectivity index (χ0n) is 19.5. The Morgan fingerprint density at radius 2 is 0.941 bits per heavy atom. The van der Waals surface area contributed by atoms with Gasteiger partial charge < -0.3 is 9.47 Å². The molecule has 34 heavy (non-hydrogen) atoms. The average molecular weight is 453 g/mol. The fourth-order valence-corrected chi connectivity index (χ4v) is 3.86. The molecule has 0 heterocycles. The van der Waals surface area contributed by atoms with E-state index >= 15 is 0 Å². The van der Waals surface area contributed by atoms with Gasteiger partial charge in [0.25, 0.3) is 0 Å². The second-order valence-electron chi connectivity index (χ2n) is 8.34. The quantitative estimate of drug-likeness (QED) is 0.210. The molecule has 0 aliphatic carbocycles. The molecule has 4 nitrogen and oxygen atoms in total. The van der Waals surface area contributed by atoms with Crippen LogP contribution >= 0.6 is 0 Å². The molecule has 0 spiro atoms. The monoisotopic (exact) mass is 452 g/mol. The fraction of sp³-hybridized carbons (Fsp3) is 0.200. The van der Waals surface area contributed by atoms with E-state index in [4.69, 9.17) is 9.47 Å². The van der Waals surface area contributed by atoms with E-state index in [9.17, 15) is 9.59 Å². The normalized spacial score (nSPS) is 10.8. The summed E-state index contributed by atoms with van der Waals surface area (Å²) in [5, 5.41) is 1.68. The van der Waals surface area contributed by atoms with Crippen LogP contribution in [-0.2, 0) is 12.8 Å². The molecule has 0 bridgehead atoms. The van der Waals surface area contributed by atoms with Crippen LogP contribution in [0.4, 0.5) is 0 Å². The lowest BCUT2D eigenvalue weighted by Gasteiger charge is -2.08. The van der Waals surface area contributed by atoms with Crippen LogP contribution in [0.25, 0.3) is 10.8 Å². The lowest BCUT2D eigenvalue weighted by Crippen LogP contribution is -2.09. The molecule has 172 valence electrons. The molecule has 0 aliphatic rings. The van der Waals surface area contributed by atoms with Crippen molar-refractivity contribution in [2.45, 2.75) is 39.5 Å². The Morgan fingerprint density at radius 3 is 1.29 bits per heavy atom. The fourth-order valence-electron chi connectivity index (χ4n) is 3.86. The Labute approximate surface area is 200 Å². The topological polar surface area (TPSA) is 52.6 Å². The van der Waals surface area contributed by atoms with Gasteiger partial charge in [-0.15, -0.1) is 0 Å². The minimum absolute atomic E-state index is 0.417. The number of ether oxygens (including phenoxy) is 2. The second-order valence-corrected chi connectivity index (χ2v) is 8.34. The van der Waals surface area contributed by atoms with E-state index in [1.807, 2.05) is 60.7 Å². The molecule has 0 saturated carbocycles. The summed E-state index contributed by atoms with van der Waals surface area (Å²) in [4.78, 5) is 25.2. The standard InChI is InChI=1S/C30H28O4/c1-3-5-21-7-15-27(16-8-21)33-29(31)25-13-11-24-20-26(14-12-23(24)19-25)30(32)34-28-17-9-22(6-4-2)10-18-28/h7-20H,3-6H2,1-2H3. The number of carbonyl (C=O) groups excluding carboxylic acids is 2. The van der Waals surface area contributed by atoms with Crippen molar-refractivity contribution in [1.29, 1.82) is 0 Å². The van der Waals surface area contributed by atoms with Gasteiger partial charge >= 0.3 is 11.9 Å². The molecule has 4 aromatic carbocycles. The summed E-state index contributed by atoms with van der Waals surface area (Å²) in [6.45, 7) is 4.26. The van der Waals surface area contributed by atoms with Crippen molar-refractivity contribution in [1.82, 2.24) is 0 Å². The maximum absolute atomic E-state index is 12.6. The van der Waals surface area contributed by atoms with E-state index in [1.54, 1.807) is 24.3 Å². The van der Waals surface area contributed by atoms with Crippen molar-refractivity contribution in [3.8, 4) is 11.5 Å². The average Bonchev–Trinajstić information content (AvgIpc) is 2.86. The molecule has 0 aromatic heterocycles. The van der Waals surface area contributed by atoms with Crippen molar-refractivity contribution in [3.63, 3.8) is 0 Å². The second kappa shape index (κ2) is 10.8. The van der Waals surface area contributed by atoms with E-state index in [0.29, 0.717) is 22.6 Å². The predicted octanol–water partition coefficient (Wildman–Crippen LogP) is 7.18. The summed E-state index contributed by atoms with van der Waals surface area (Å²) >= 11 is 0. The van der Waals surface area contributed by atoms with Crippen LogP contribution in [-0.4, -0.2) is 11.9 Å². The SMILES string of the molecule is CCCc1ccc(OC(=O)c2ccc3cc(C(=O)Oc4ccc(CCC)cc4)ccc3c2)cc1. The highest BCUT2D eigenvalue weighted by Gasteiger charge is 2.13. The number of aryl methyl sites for hydroxylation is 2. The molecular formula is C30H28O4. The molecule has 0 atom stereocenters. The Hall–Kier alpha value is -3.92. The Kier molecular flexibility index (Phi) is 7.38. The summed E-state index contributed by atoms with van der Waals surface area (Å²) in [6, 6.07) is 25.8. The Balaban J connectivity index is 1.44. The molecule has 4 heteroatoms. The number of rotatable bonds is 8. The van der Waals surface area contributed by atoms with E-state index in [2.05, 4.69) is 13.8 Å². The van der Waals surface area contributed by atoms with Gasteiger partial charge in [0.1, 0.15) is 11.5 Å². The van der Waals surface area contributed by atoms with Gasteiger partial charge in [0.2, 0.25) is 0 Å². The first-order valence-corrected chi connectivity index (χ1v) is 11.7. The number of benzene rings is 4. The van der Waals surface area contributed by atoms with E-state index in [1.165, 1.54) is 11.1 Å². The highest BCUT2D eigenvalue weighted by Crippen LogP contribution is 2.22. The molecule has 4 aromatic rings. The van der Waals surface area contributed by atoms with Crippen molar-refractivity contribution >= 4 is 22.7 Å². The van der Waals surface area contributed by atoms with Crippen molar-refractivity contribution < 1.29 is 19.1 Å². The van der Waals surface area contributed by atoms with Gasteiger partial charge in [-0.05, 0) is 83.3 Å². The number of fused-ring (bicyclic) bond motifs is 1. The smallest absolute Gasteiger partial charge is 0.343 e. The highest BCUT2D eigenvalue weighted by atomic mass is 16.5. The van der Waals surface area contributed by atoms with E-state index in [-0.39, 0.29) is 0 Å². The van der Waals surface area contributed by atoms with Crippen LogP contribution in [0.15, 0.2) is 84.9 Å². The Bertz CT molecular complexity index is 1190.